The highest BCUT2D eigenvalue weighted by molar-refractivity contribution is 9.10. The molecule has 326 valence electrons. The van der Waals surface area contributed by atoms with Crippen molar-refractivity contribution in [3.63, 3.8) is 0 Å². The van der Waals surface area contributed by atoms with E-state index in [2.05, 4.69) is 50.8 Å². The van der Waals surface area contributed by atoms with Crippen molar-refractivity contribution in [3.8, 4) is 0 Å². The van der Waals surface area contributed by atoms with Crippen molar-refractivity contribution in [1.82, 2.24) is 0 Å². The zero-order valence-electron chi connectivity index (χ0n) is 30.2. The smallest absolute Gasteiger partial charge is 0.453 e. The van der Waals surface area contributed by atoms with Crippen LogP contribution in [0.15, 0.2) is 0 Å². The Morgan fingerprint density at radius 2 is 0.745 bits per heavy atom. The average molecular weight is 968 g/mol. The molecule has 2 unspecified atom stereocenters. The number of hydrogen-bond donors (Lipinski definition) is 2. The van der Waals surface area contributed by atoms with Crippen molar-refractivity contribution < 1.29 is 110 Å². The van der Waals surface area contributed by atoms with E-state index in [-0.39, 0.29) is 6.92 Å². The van der Waals surface area contributed by atoms with Gasteiger partial charge in [-0.05, 0) is 48.5 Å². The normalized spacial score (nSPS) is 15.8. The van der Waals surface area contributed by atoms with Gasteiger partial charge in [0.25, 0.3) is 11.8 Å². The molecule has 0 spiro atoms. The number of aliphatic hydroxyl groups is 2. The molecule has 0 aromatic carbocycles. The summed E-state index contributed by atoms with van der Waals surface area (Å²) >= 11 is 5.98. The topological polar surface area (TPSA) is 164 Å². The van der Waals surface area contributed by atoms with E-state index in [9.17, 15) is 82.1 Å². The summed E-state index contributed by atoms with van der Waals surface area (Å²) in [7, 11) is 0. The molecule has 0 fully saturated rings. The van der Waals surface area contributed by atoms with E-state index in [1.165, 1.54) is 20.8 Å². The molecule has 2 N–H and O–H groups in total. The van der Waals surface area contributed by atoms with Crippen LogP contribution < -0.4 is 0 Å². The fourth-order valence-corrected chi connectivity index (χ4v) is 2.97. The number of ether oxygens (including phenoxy) is 6. The van der Waals surface area contributed by atoms with Crippen LogP contribution in [0.2, 0.25) is 0 Å². The number of esters is 4. The molecule has 0 aliphatic heterocycles. The van der Waals surface area contributed by atoms with Gasteiger partial charge in [-0.15, -0.1) is 0 Å². The largest absolute Gasteiger partial charge is 0.463 e. The fraction of sp³-hybridized carbons (Fsp3) is 0.862. The van der Waals surface area contributed by atoms with Gasteiger partial charge in [0.05, 0.1) is 13.2 Å². The first-order valence-electron chi connectivity index (χ1n) is 15.0. The summed E-state index contributed by atoms with van der Waals surface area (Å²) in [4.78, 5) is 46.9. The first kappa shape index (κ1) is 54.9. The van der Waals surface area contributed by atoms with E-state index in [1.807, 2.05) is 0 Å². The van der Waals surface area contributed by atoms with Gasteiger partial charge in [0.1, 0.15) is 39.1 Å². The van der Waals surface area contributed by atoms with Gasteiger partial charge in [-0.1, -0.05) is 31.9 Å². The number of carbonyl (C=O) groups excluding carboxylic acids is 4. The van der Waals surface area contributed by atoms with Crippen LogP contribution in [0.3, 0.4) is 0 Å². The van der Waals surface area contributed by atoms with Gasteiger partial charge in [0.2, 0.25) is 0 Å². The van der Waals surface area contributed by atoms with Gasteiger partial charge >= 0.3 is 48.3 Å². The highest BCUT2D eigenvalue weighted by Gasteiger charge is 2.68. The second kappa shape index (κ2) is 19.5. The van der Waals surface area contributed by atoms with E-state index in [4.69, 9.17) is 9.47 Å². The number of carbonyl (C=O) groups is 4. The van der Waals surface area contributed by atoms with Crippen LogP contribution in [-0.2, 0) is 47.6 Å². The van der Waals surface area contributed by atoms with E-state index in [0.29, 0.717) is 6.92 Å². The van der Waals surface area contributed by atoms with Gasteiger partial charge in [0.15, 0.2) is 13.2 Å². The lowest BCUT2D eigenvalue weighted by Gasteiger charge is -2.32. The van der Waals surface area contributed by atoms with Crippen molar-refractivity contribution in [1.29, 1.82) is 0 Å². The third-order valence-electron chi connectivity index (χ3n) is 5.94. The monoisotopic (exact) mass is 966 g/mol. The molecular weight excluding hydrogens is 928 g/mol. The molecule has 0 aromatic rings. The SMILES string of the molecule is CC(F)(F)CC(F)(F)OC(F)(F)C(F)(F)OC(F)(F)COC(=O)C(C)(CO)COC(=O)C(C)(C)Br.CC(F)(F)COC(=O)C(C)(CO)COC(=O)C(C)(C)Br. The van der Waals surface area contributed by atoms with E-state index in [0.717, 1.165) is 6.92 Å². The number of alkyl halides is 14. The molecule has 0 aromatic heterocycles. The molecule has 2 atom stereocenters. The summed E-state index contributed by atoms with van der Waals surface area (Å²) in [5.74, 6) is -12.0. The van der Waals surface area contributed by atoms with Gasteiger partial charge in [-0.3, -0.25) is 19.2 Å². The first-order chi connectivity index (χ1) is 24.0. The van der Waals surface area contributed by atoms with Crippen LogP contribution in [0, 0.1) is 10.8 Å². The molecule has 0 saturated carbocycles. The molecule has 0 bridgehead atoms. The quantitative estimate of drug-likeness (QED) is 0.0550. The van der Waals surface area contributed by atoms with E-state index in [1.54, 1.807) is 13.8 Å². The minimum absolute atomic E-state index is 0.179. The summed E-state index contributed by atoms with van der Waals surface area (Å²) in [6, 6.07) is 0. The molecule has 0 aliphatic carbocycles. The molecule has 0 heterocycles. The summed E-state index contributed by atoms with van der Waals surface area (Å²) in [6.07, 6.45) is -26.9. The Balaban J connectivity index is 0. The zero-order chi connectivity index (χ0) is 44.5. The summed E-state index contributed by atoms with van der Waals surface area (Å²) in [5, 5.41) is 18.5. The predicted molar refractivity (Wildman–Crippen MR) is 168 cm³/mol. The highest BCUT2D eigenvalue weighted by atomic mass is 79.9. The maximum Gasteiger partial charge on any atom is 0.453 e. The Kier molecular flexibility index (Phi) is 19.5. The number of rotatable bonds is 21. The predicted octanol–water partition coefficient (Wildman–Crippen LogP) is 6.59. The molecular formula is C29H40Br2F12O12. The zero-order valence-corrected chi connectivity index (χ0v) is 33.4. The maximum atomic E-state index is 13.6. The molecule has 0 rings (SSSR count). The Morgan fingerprint density at radius 1 is 0.455 bits per heavy atom. The summed E-state index contributed by atoms with van der Waals surface area (Å²) < 4.78 is 178. The van der Waals surface area contributed by atoms with E-state index < -0.39 is 126 Å². The standard InChI is InChI=1S/C17H21BrF10O7.C12H19BrF2O5/c1-11(2,18)9(30)32-7-12(3,6-29)10(31)33-8-15(23,24)35-17(27,28)16(25,26)34-14(21,22)5-13(4,19)20;1-10(2,13)8(17)19-6-11(3,5-16)9(18)20-7-12(4,14)15/h29H,5-8H2,1-4H3;16H,5-7H2,1-4H3. The lowest BCUT2D eigenvalue weighted by molar-refractivity contribution is -0.516. The minimum atomic E-state index is -6.55. The average Bonchev–Trinajstić information content (AvgIpc) is 2.96. The minimum Gasteiger partial charge on any atom is -0.463 e. The van der Waals surface area contributed by atoms with Gasteiger partial charge < -0.3 is 29.2 Å². The lowest BCUT2D eigenvalue weighted by atomic mass is 9.93. The number of hydrogen-bond acceptors (Lipinski definition) is 12. The highest BCUT2D eigenvalue weighted by Crippen LogP contribution is 2.45. The van der Waals surface area contributed by atoms with Crippen molar-refractivity contribution >= 4 is 55.7 Å². The third kappa shape index (κ3) is 20.7. The third-order valence-corrected chi connectivity index (χ3v) is 6.58. The first-order valence-corrected chi connectivity index (χ1v) is 16.5. The Bertz CT molecular complexity index is 1300. The lowest BCUT2D eigenvalue weighted by Crippen LogP contribution is -2.53. The Hall–Kier alpha value is -2.16. The van der Waals surface area contributed by atoms with Gasteiger partial charge in [-0.25, -0.2) is 27.0 Å². The van der Waals surface area contributed by atoms with Crippen LogP contribution >= 0.6 is 31.9 Å². The summed E-state index contributed by atoms with van der Waals surface area (Å²) in [5.41, 5.74) is -3.81. The van der Waals surface area contributed by atoms with Crippen LogP contribution in [-0.4, -0.2) is 119 Å². The van der Waals surface area contributed by atoms with Crippen LogP contribution in [0.4, 0.5) is 52.7 Å². The Morgan fingerprint density at radius 3 is 1.02 bits per heavy atom. The molecule has 0 radical (unpaired) electrons. The Labute approximate surface area is 323 Å². The second-order valence-corrected chi connectivity index (χ2v) is 17.5. The van der Waals surface area contributed by atoms with Crippen molar-refractivity contribution in [3.05, 3.63) is 0 Å². The van der Waals surface area contributed by atoms with Crippen molar-refractivity contribution in [2.45, 2.75) is 107 Å². The second-order valence-electron chi connectivity index (χ2n) is 13.5. The molecule has 12 nitrogen and oxygen atoms in total. The van der Waals surface area contributed by atoms with Crippen LogP contribution in [0.1, 0.15) is 61.8 Å². The fourth-order valence-electron chi connectivity index (χ4n) is 2.74. The van der Waals surface area contributed by atoms with Gasteiger partial charge in [0, 0.05) is 6.92 Å². The van der Waals surface area contributed by atoms with E-state index >= 15 is 0 Å². The van der Waals surface area contributed by atoms with Crippen molar-refractivity contribution in [2.75, 3.05) is 39.6 Å². The van der Waals surface area contributed by atoms with Crippen LogP contribution in [0.25, 0.3) is 0 Å². The maximum absolute atomic E-state index is 13.6. The van der Waals surface area contributed by atoms with Gasteiger partial charge in [-0.2, -0.15) is 35.1 Å². The number of aliphatic hydroxyl groups excluding tert-OH is 2. The van der Waals surface area contributed by atoms with Crippen molar-refractivity contribution in [2.24, 2.45) is 10.8 Å². The number of halogens is 14. The molecule has 55 heavy (non-hydrogen) atoms. The summed E-state index contributed by atoms with van der Waals surface area (Å²) in [6.45, 7) is 1.35. The molecule has 0 saturated heterocycles. The molecule has 26 heteroatoms. The molecule has 0 aliphatic rings. The molecule has 0 amide bonds. The van der Waals surface area contributed by atoms with Crippen LogP contribution in [0.5, 0.6) is 0 Å².